The second-order valence-corrected chi connectivity index (χ2v) is 4.91. The lowest BCUT2D eigenvalue weighted by Crippen LogP contribution is -2.22. The van der Waals surface area contributed by atoms with E-state index in [0.717, 1.165) is 11.3 Å². The zero-order valence-electron chi connectivity index (χ0n) is 10.3. The molecule has 0 saturated carbocycles. The van der Waals surface area contributed by atoms with Crippen molar-refractivity contribution < 1.29 is 17.9 Å². The van der Waals surface area contributed by atoms with E-state index < -0.39 is 5.51 Å². The first kappa shape index (κ1) is 15.2. The average Bonchev–Trinajstić information content (AvgIpc) is 2.33. The van der Waals surface area contributed by atoms with Crippen molar-refractivity contribution in [1.29, 1.82) is 0 Å². The number of thioether (sulfide) groups is 1. The summed E-state index contributed by atoms with van der Waals surface area (Å²) in [5.74, 6) is 0.753. The molecule has 0 saturated heterocycles. The molecule has 1 aromatic rings. The minimum atomic E-state index is -4.15. The third-order valence-electron chi connectivity index (χ3n) is 2.41. The highest BCUT2D eigenvalue weighted by Crippen LogP contribution is 2.29. The molecule has 0 fully saturated rings. The number of ether oxygens (including phenoxy) is 1. The Morgan fingerprint density at radius 3 is 2.72 bits per heavy atom. The summed E-state index contributed by atoms with van der Waals surface area (Å²) in [6.45, 7) is 2.22. The third-order valence-corrected chi connectivity index (χ3v) is 3.15. The van der Waals surface area contributed by atoms with Gasteiger partial charge in [0, 0.05) is 18.3 Å². The van der Waals surface area contributed by atoms with E-state index in [2.05, 4.69) is 5.32 Å². The molecule has 0 unspecified atom stereocenters. The Hall–Kier alpha value is -0.880. The molecule has 6 heteroatoms. The third kappa shape index (κ3) is 5.64. The van der Waals surface area contributed by atoms with E-state index >= 15 is 0 Å². The van der Waals surface area contributed by atoms with Crippen LogP contribution in [-0.4, -0.2) is 24.9 Å². The molecule has 0 heterocycles. The summed E-state index contributed by atoms with van der Waals surface area (Å²) < 4.78 is 40.9. The topological polar surface area (TPSA) is 21.3 Å². The number of nitrogens with one attached hydrogen (secondary N) is 1. The smallest absolute Gasteiger partial charge is 0.441 e. The van der Waals surface area contributed by atoms with E-state index in [0.29, 0.717) is 6.54 Å². The fraction of sp³-hybridized carbons (Fsp3) is 0.500. The summed E-state index contributed by atoms with van der Waals surface area (Å²) in [5.41, 5.74) is -3.16. The molecule has 0 amide bonds. The van der Waals surface area contributed by atoms with Crippen LogP contribution in [-0.2, 0) is 0 Å². The SMILES string of the molecule is COc1cccc([C@H](C)NCCSC(F)(F)F)c1. The first-order valence-electron chi connectivity index (χ1n) is 5.50. The van der Waals surface area contributed by atoms with Gasteiger partial charge in [-0.15, -0.1) is 0 Å². The second-order valence-electron chi connectivity index (χ2n) is 3.75. The molecule has 0 aliphatic rings. The highest BCUT2D eigenvalue weighted by molar-refractivity contribution is 8.00. The normalized spacial score (nSPS) is 13.4. The molecule has 102 valence electrons. The maximum absolute atomic E-state index is 11.9. The quantitative estimate of drug-likeness (QED) is 0.804. The summed E-state index contributed by atoms with van der Waals surface area (Å²) in [5, 5.41) is 3.05. The Balaban J connectivity index is 2.38. The van der Waals surface area contributed by atoms with Crippen molar-refractivity contribution in [3.8, 4) is 5.75 Å². The molecule has 0 bridgehead atoms. The maximum Gasteiger partial charge on any atom is 0.441 e. The molecule has 0 radical (unpaired) electrons. The Kier molecular flexibility index (Phi) is 5.81. The molecule has 0 aliphatic carbocycles. The average molecular weight is 279 g/mol. The first-order chi connectivity index (χ1) is 8.42. The summed E-state index contributed by atoms with van der Waals surface area (Å²) in [6, 6.07) is 7.46. The van der Waals surface area contributed by atoms with Crippen molar-refractivity contribution >= 4 is 11.8 Å². The summed E-state index contributed by atoms with van der Waals surface area (Å²) in [7, 11) is 1.58. The van der Waals surface area contributed by atoms with E-state index in [1.54, 1.807) is 7.11 Å². The molecule has 1 atom stereocenters. The predicted octanol–water partition coefficient (Wildman–Crippen LogP) is 3.60. The Morgan fingerprint density at radius 1 is 1.39 bits per heavy atom. The van der Waals surface area contributed by atoms with Gasteiger partial charge in [-0.1, -0.05) is 12.1 Å². The van der Waals surface area contributed by atoms with Crippen LogP contribution in [0.2, 0.25) is 0 Å². The number of benzene rings is 1. The van der Waals surface area contributed by atoms with Crippen molar-refractivity contribution in [2.45, 2.75) is 18.5 Å². The van der Waals surface area contributed by atoms with Gasteiger partial charge in [0.2, 0.25) is 0 Å². The zero-order valence-corrected chi connectivity index (χ0v) is 11.1. The van der Waals surface area contributed by atoms with Crippen LogP contribution in [0.4, 0.5) is 13.2 Å². The summed E-state index contributed by atoms with van der Waals surface area (Å²) in [4.78, 5) is 0. The van der Waals surface area contributed by atoms with Crippen LogP contribution in [0.25, 0.3) is 0 Å². The zero-order chi connectivity index (χ0) is 13.6. The fourth-order valence-corrected chi connectivity index (χ4v) is 1.92. The van der Waals surface area contributed by atoms with E-state index in [1.807, 2.05) is 31.2 Å². The molecular formula is C12H16F3NOS. The van der Waals surface area contributed by atoms with E-state index in [4.69, 9.17) is 4.74 Å². The number of hydrogen-bond acceptors (Lipinski definition) is 3. The molecule has 0 aromatic heterocycles. The van der Waals surface area contributed by atoms with Gasteiger partial charge >= 0.3 is 5.51 Å². The number of methoxy groups -OCH3 is 1. The molecule has 1 aromatic carbocycles. The second kappa shape index (κ2) is 6.89. The fourth-order valence-electron chi connectivity index (χ4n) is 1.47. The van der Waals surface area contributed by atoms with E-state index in [-0.39, 0.29) is 23.6 Å². The number of rotatable bonds is 6. The van der Waals surface area contributed by atoms with Crippen LogP contribution < -0.4 is 10.1 Å². The molecule has 1 N–H and O–H groups in total. The monoisotopic (exact) mass is 279 g/mol. The lowest BCUT2D eigenvalue weighted by molar-refractivity contribution is -0.0327. The van der Waals surface area contributed by atoms with Crippen LogP contribution in [0.1, 0.15) is 18.5 Å². The van der Waals surface area contributed by atoms with Crippen molar-refractivity contribution in [2.24, 2.45) is 0 Å². The van der Waals surface area contributed by atoms with Gasteiger partial charge in [0.25, 0.3) is 0 Å². The number of alkyl halides is 3. The molecule has 0 aliphatic heterocycles. The summed E-state index contributed by atoms with van der Waals surface area (Å²) in [6.07, 6.45) is 0. The molecule has 0 spiro atoms. The molecular weight excluding hydrogens is 263 g/mol. The lowest BCUT2D eigenvalue weighted by atomic mass is 10.1. The van der Waals surface area contributed by atoms with Gasteiger partial charge in [-0.05, 0) is 36.4 Å². The van der Waals surface area contributed by atoms with E-state index in [1.165, 1.54) is 0 Å². The highest BCUT2D eigenvalue weighted by atomic mass is 32.2. The maximum atomic E-state index is 11.9. The molecule has 2 nitrogen and oxygen atoms in total. The molecule has 18 heavy (non-hydrogen) atoms. The van der Waals surface area contributed by atoms with Crippen molar-refractivity contribution in [1.82, 2.24) is 5.32 Å². The minimum Gasteiger partial charge on any atom is -0.497 e. The van der Waals surface area contributed by atoms with Crippen molar-refractivity contribution in [3.63, 3.8) is 0 Å². The highest BCUT2D eigenvalue weighted by Gasteiger charge is 2.27. The van der Waals surface area contributed by atoms with Gasteiger partial charge in [-0.2, -0.15) is 13.2 Å². The van der Waals surface area contributed by atoms with Gasteiger partial charge < -0.3 is 10.1 Å². The van der Waals surface area contributed by atoms with Gasteiger partial charge in [0.1, 0.15) is 5.75 Å². The Labute approximate surface area is 109 Å². The predicted molar refractivity (Wildman–Crippen MR) is 67.9 cm³/mol. The number of hydrogen-bond donors (Lipinski definition) is 1. The summed E-state index contributed by atoms with van der Waals surface area (Å²) >= 11 is -0.00879. The van der Waals surface area contributed by atoms with Crippen LogP contribution in [0.5, 0.6) is 5.75 Å². The van der Waals surface area contributed by atoms with Gasteiger partial charge in [-0.3, -0.25) is 0 Å². The van der Waals surface area contributed by atoms with Crippen LogP contribution in [0, 0.1) is 0 Å². The van der Waals surface area contributed by atoms with Crippen molar-refractivity contribution in [2.75, 3.05) is 19.4 Å². The standard InChI is InChI=1S/C12H16F3NOS/c1-9(16-6-7-18-12(13,14)15)10-4-3-5-11(8-10)17-2/h3-5,8-9,16H,6-7H2,1-2H3/t9-/m0/s1. The van der Waals surface area contributed by atoms with Crippen molar-refractivity contribution in [3.05, 3.63) is 29.8 Å². The Morgan fingerprint density at radius 2 is 2.11 bits per heavy atom. The minimum absolute atomic E-state index is 0.00562. The number of halogens is 3. The Bertz CT molecular complexity index is 371. The van der Waals surface area contributed by atoms with Crippen LogP contribution in [0.3, 0.4) is 0 Å². The lowest BCUT2D eigenvalue weighted by Gasteiger charge is -2.15. The first-order valence-corrected chi connectivity index (χ1v) is 6.49. The van der Waals surface area contributed by atoms with Gasteiger partial charge in [-0.25, -0.2) is 0 Å². The van der Waals surface area contributed by atoms with Gasteiger partial charge in [0.15, 0.2) is 0 Å². The van der Waals surface area contributed by atoms with Crippen LogP contribution in [0.15, 0.2) is 24.3 Å². The van der Waals surface area contributed by atoms with E-state index in [9.17, 15) is 13.2 Å². The largest absolute Gasteiger partial charge is 0.497 e. The molecule has 1 rings (SSSR count). The van der Waals surface area contributed by atoms with Gasteiger partial charge in [0.05, 0.1) is 7.11 Å². The van der Waals surface area contributed by atoms with Crippen LogP contribution >= 0.6 is 11.8 Å².